The molecule has 1 aromatic carbocycles. The average Bonchev–Trinajstić information content (AvgIpc) is 2.59. The van der Waals surface area contributed by atoms with Crippen LogP contribution in [0, 0.1) is 0 Å². The van der Waals surface area contributed by atoms with Crippen LogP contribution in [0.3, 0.4) is 0 Å². The van der Waals surface area contributed by atoms with Crippen molar-refractivity contribution in [3.8, 4) is 5.75 Å². The topological polar surface area (TPSA) is 185 Å². The Bertz CT molecular complexity index is 691. The molecule has 0 bridgehead atoms. The van der Waals surface area contributed by atoms with E-state index in [1.165, 1.54) is 19.1 Å². The molecule has 0 spiro atoms. The zero-order chi connectivity index (χ0) is 20.6. The van der Waals surface area contributed by atoms with E-state index in [9.17, 15) is 24.3 Å². The fraction of sp³-hybridized carbons (Fsp3) is 0.412. The lowest BCUT2D eigenvalue weighted by Gasteiger charge is -2.20. The van der Waals surface area contributed by atoms with E-state index in [0.29, 0.717) is 0 Å². The van der Waals surface area contributed by atoms with Gasteiger partial charge in [-0.2, -0.15) is 0 Å². The number of aromatic hydroxyl groups is 1. The van der Waals surface area contributed by atoms with Gasteiger partial charge in [-0.25, -0.2) is 4.79 Å². The third-order valence-electron chi connectivity index (χ3n) is 3.77. The summed E-state index contributed by atoms with van der Waals surface area (Å²) in [6, 6.07) is 2.91. The second-order valence-corrected chi connectivity index (χ2v) is 6.11. The number of primary amides is 1. The molecule has 0 heterocycles. The van der Waals surface area contributed by atoms with Gasteiger partial charge in [-0.3, -0.25) is 14.4 Å². The highest BCUT2D eigenvalue weighted by molar-refractivity contribution is 5.91. The number of hydrogen-bond donors (Lipinski definition) is 6. The lowest BCUT2D eigenvalue weighted by atomic mass is 10.1. The van der Waals surface area contributed by atoms with Crippen LogP contribution in [0.1, 0.15) is 25.3 Å². The number of benzene rings is 1. The third kappa shape index (κ3) is 7.74. The maximum Gasteiger partial charge on any atom is 0.326 e. The Morgan fingerprint density at radius 1 is 1.07 bits per heavy atom. The molecule has 0 saturated carbocycles. The Kier molecular flexibility index (Phi) is 8.21. The first kappa shape index (κ1) is 21.9. The number of rotatable bonds is 10. The third-order valence-corrected chi connectivity index (χ3v) is 3.77. The predicted molar refractivity (Wildman–Crippen MR) is 95.4 cm³/mol. The molecule has 3 atom stereocenters. The molecule has 10 nitrogen and oxygen atoms in total. The zero-order valence-corrected chi connectivity index (χ0v) is 14.8. The summed E-state index contributed by atoms with van der Waals surface area (Å²) in [5, 5.41) is 23.0. The minimum Gasteiger partial charge on any atom is -0.508 e. The summed E-state index contributed by atoms with van der Waals surface area (Å²) in [6.07, 6.45) is -0.163. The van der Waals surface area contributed by atoms with Gasteiger partial charge in [-0.05, 0) is 37.5 Å². The lowest BCUT2D eigenvalue weighted by molar-refractivity contribution is -0.142. The van der Waals surface area contributed by atoms with Crippen molar-refractivity contribution in [2.24, 2.45) is 11.5 Å². The van der Waals surface area contributed by atoms with Crippen molar-refractivity contribution in [1.82, 2.24) is 10.6 Å². The van der Waals surface area contributed by atoms with Gasteiger partial charge >= 0.3 is 5.97 Å². The second kappa shape index (κ2) is 10.1. The number of amides is 3. The summed E-state index contributed by atoms with van der Waals surface area (Å²) in [5.74, 6) is -3.22. The smallest absolute Gasteiger partial charge is 0.326 e. The van der Waals surface area contributed by atoms with Crippen molar-refractivity contribution in [3.63, 3.8) is 0 Å². The number of aliphatic carboxylic acids is 1. The van der Waals surface area contributed by atoms with E-state index in [4.69, 9.17) is 16.6 Å². The van der Waals surface area contributed by atoms with E-state index < -0.39 is 41.8 Å². The molecule has 0 aliphatic heterocycles. The molecule has 8 N–H and O–H groups in total. The van der Waals surface area contributed by atoms with Crippen LogP contribution in [0.25, 0.3) is 0 Å². The molecule has 1 rings (SSSR count). The van der Waals surface area contributed by atoms with Gasteiger partial charge < -0.3 is 32.3 Å². The van der Waals surface area contributed by atoms with Crippen molar-refractivity contribution >= 4 is 23.7 Å². The van der Waals surface area contributed by atoms with Crippen LogP contribution in [-0.4, -0.2) is 52.0 Å². The summed E-state index contributed by atoms with van der Waals surface area (Å²) in [6.45, 7) is 1.38. The standard InChI is InChI=1S/C17H24N4O6/c1-9(15(24)21-13(17(26)27)6-7-14(19)23)20-16(25)12(18)8-10-2-4-11(22)5-3-10/h2-5,9,12-13,22H,6-8,18H2,1H3,(H2,19,23)(H,20,25)(H,21,24)(H,26,27)/t9-,12-,13-/m0/s1. The van der Waals surface area contributed by atoms with Crippen molar-refractivity contribution in [1.29, 1.82) is 0 Å². The van der Waals surface area contributed by atoms with Crippen LogP contribution in [-0.2, 0) is 25.6 Å². The summed E-state index contributed by atoms with van der Waals surface area (Å²) in [4.78, 5) is 46.1. The molecule has 0 aromatic heterocycles. The van der Waals surface area contributed by atoms with Crippen molar-refractivity contribution < 1.29 is 29.4 Å². The quantitative estimate of drug-likeness (QED) is 0.288. The monoisotopic (exact) mass is 380 g/mol. The van der Waals surface area contributed by atoms with Gasteiger partial charge in [0, 0.05) is 6.42 Å². The molecular weight excluding hydrogens is 356 g/mol. The van der Waals surface area contributed by atoms with E-state index in [2.05, 4.69) is 10.6 Å². The van der Waals surface area contributed by atoms with E-state index in [1.54, 1.807) is 12.1 Å². The van der Waals surface area contributed by atoms with Crippen LogP contribution < -0.4 is 22.1 Å². The van der Waals surface area contributed by atoms with Gasteiger partial charge in [0.2, 0.25) is 17.7 Å². The molecule has 148 valence electrons. The Balaban J connectivity index is 2.56. The fourth-order valence-corrected chi connectivity index (χ4v) is 2.21. The highest BCUT2D eigenvalue weighted by atomic mass is 16.4. The molecule has 0 fully saturated rings. The van der Waals surface area contributed by atoms with Crippen molar-refractivity contribution in [3.05, 3.63) is 29.8 Å². The Hall–Kier alpha value is -3.14. The predicted octanol–water partition coefficient (Wildman–Crippen LogP) is -1.40. The molecule has 0 saturated heterocycles. The number of carbonyl (C=O) groups is 4. The number of nitrogens with one attached hydrogen (secondary N) is 2. The summed E-state index contributed by atoms with van der Waals surface area (Å²) in [5.41, 5.74) is 11.5. The number of hydrogen-bond acceptors (Lipinski definition) is 6. The van der Waals surface area contributed by atoms with E-state index in [-0.39, 0.29) is 25.0 Å². The highest BCUT2D eigenvalue weighted by Crippen LogP contribution is 2.11. The van der Waals surface area contributed by atoms with Gasteiger partial charge in [0.05, 0.1) is 6.04 Å². The largest absolute Gasteiger partial charge is 0.508 e. The Morgan fingerprint density at radius 3 is 2.19 bits per heavy atom. The number of phenols is 1. The van der Waals surface area contributed by atoms with E-state index >= 15 is 0 Å². The Labute approximate surface area is 155 Å². The first-order chi connectivity index (χ1) is 12.6. The van der Waals surface area contributed by atoms with Crippen LogP contribution >= 0.6 is 0 Å². The molecular formula is C17H24N4O6. The molecule has 10 heteroatoms. The van der Waals surface area contributed by atoms with Crippen molar-refractivity contribution in [2.75, 3.05) is 0 Å². The number of carboxylic acid groups (broad SMARTS) is 1. The van der Waals surface area contributed by atoms with Gasteiger partial charge in [-0.1, -0.05) is 12.1 Å². The number of phenolic OH excluding ortho intramolecular Hbond substituents is 1. The van der Waals surface area contributed by atoms with Gasteiger partial charge in [0.25, 0.3) is 0 Å². The SMILES string of the molecule is C[C@H](NC(=O)[C@@H](N)Cc1ccc(O)cc1)C(=O)N[C@@H](CCC(N)=O)C(=O)O. The summed E-state index contributed by atoms with van der Waals surface area (Å²) >= 11 is 0. The molecule has 0 aliphatic carbocycles. The number of nitrogens with two attached hydrogens (primary N) is 2. The van der Waals surface area contributed by atoms with E-state index in [0.717, 1.165) is 5.56 Å². The molecule has 3 amide bonds. The van der Waals surface area contributed by atoms with E-state index in [1.807, 2.05) is 0 Å². The molecule has 0 radical (unpaired) electrons. The maximum absolute atomic E-state index is 12.1. The maximum atomic E-state index is 12.1. The average molecular weight is 380 g/mol. The fourth-order valence-electron chi connectivity index (χ4n) is 2.21. The lowest BCUT2D eigenvalue weighted by Crippen LogP contribution is -2.53. The highest BCUT2D eigenvalue weighted by Gasteiger charge is 2.25. The normalized spacial score (nSPS) is 13.9. The van der Waals surface area contributed by atoms with Gasteiger partial charge in [0.15, 0.2) is 0 Å². The summed E-state index contributed by atoms with van der Waals surface area (Å²) < 4.78 is 0. The second-order valence-electron chi connectivity index (χ2n) is 6.11. The molecule has 0 aliphatic rings. The molecule has 27 heavy (non-hydrogen) atoms. The number of carboxylic acids is 1. The zero-order valence-electron chi connectivity index (χ0n) is 14.8. The minimum atomic E-state index is -1.31. The first-order valence-corrected chi connectivity index (χ1v) is 8.25. The van der Waals surface area contributed by atoms with Crippen molar-refractivity contribution in [2.45, 2.75) is 44.3 Å². The van der Waals surface area contributed by atoms with Gasteiger partial charge in [-0.15, -0.1) is 0 Å². The summed E-state index contributed by atoms with van der Waals surface area (Å²) in [7, 11) is 0. The Morgan fingerprint density at radius 2 is 1.67 bits per heavy atom. The van der Waals surface area contributed by atoms with Crippen LogP contribution in [0.2, 0.25) is 0 Å². The molecule has 1 aromatic rings. The molecule has 0 unspecified atom stereocenters. The van der Waals surface area contributed by atoms with Crippen LogP contribution in [0.4, 0.5) is 0 Å². The van der Waals surface area contributed by atoms with Crippen LogP contribution in [0.15, 0.2) is 24.3 Å². The number of carbonyl (C=O) groups excluding carboxylic acids is 3. The van der Waals surface area contributed by atoms with Crippen LogP contribution in [0.5, 0.6) is 5.75 Å². The first-order valence-electron chi connectivity index (χ1n) is 8.25. The minimum absolute atomic E-state index is 0.0892. The van der Waals surface area contributed by atoms with Gasteiger partial charge in [0.1, 0.15) is 17.8 Å².